The average Bonchev–Trinajstić information content (AvgIpc) is 2.55. The van der Waals surface area contributed by atoms with Gasteiger partial charge in [-0.25, -0.2) is 4.39 Å². The number of ether oxygens (including phenoxy) is 2. The van der Waals surface area contributed by atoms with E-state index in [0.717, 1.165) is 22.4 Å². The second kappa shape index (κ2) is 8.48. The molecule has 0 unspecified atom stereocenters. The maximum absolute atomic E-state index is 14.1. The summed E-state index contributed by atoms with van der Waals surface area (Å²) in [6, 6.07) is 10.6. The smallest absolute Gasteiger partial charge is 0.165 e. The lowest BCUT2D eigenvalue weighted by atomic mass is 10.1. The van der Waals surface area contributed by atoms with Crippen molar-refractivity contribution < 1.29 is 18.7 Å². The normalized spacial score (nSPS) is 10.5. The third-order valence-electron chi connectivity index (χ3n) is 3.84. The second-order valence-corrected chi connectivity index (χ2v) is 5.73. The Labute approximate surface area is 142 Å². The zero-order chi connectivity index (χ0) is 17.5. The summed E-state index contributed by atoms with van der Waals surface area (Å²) < 4.78 is 25.3. The summed E-state index contributed by atoms with van der Waals surface area (Å²) in [6.45, 7) is 6.31. The molecule has 0 heterocycles. The second-order valence-electron chi connectivity index (χ2n) is 5.73. The fourth-order valence-corrected chi connectivity index (χ4v) is 2.42. The van der Waals surface area contributed by atoms with Gasteiger partial charge in [0.2, 0.25) is 0 Å². The van der Waals surface area contributed by atoms with Crippen molar-refractivity contribution in [3.8, 4) is 11.5 Å². The molecular weight excluding hydrogens is 307 g/mol. The summed E-state index contributed by atoms with van der Waals surface area (Å²) >= 11 is 0. The molecule has 24 heavy (non-hydrogen) atoms. The Bertz CT molecular complexity index is 710. The van der Waals surface area contributed by atoms with Gasteiger partial charge in [-0.05, 0) is 62.1 Å². The van der Waals surface area contributed by atoms with E-state index < -0.39 is 5.82 Å². The van der Waals surface area contributed by atoms with Gasteiger partial charge in [-0.2, -0.15) is 0 Å². The average molecular weight is 330 g/mol. The quantitative estimate of drug-likeness (QED) is 0.708. The van der Waals surface area contributed by atoms with Crippen molar-refractivity contribution in [3.05, 3.63) is 58.9 Å². The zero-order valence-corrected chi connectivity index (χ0v) is 14.4. The van der Waals surface area contributed by atoms with Gasteiger partial charge in [0.1, 0.15) is 18.1 Å². The number of ketones is 1. The summed E-state index contributed by atoms with van der Waals surface area (Å²) in [5.74, 6) is 0.719. The van der Waals surface area contributed by atoms with Gasteiger partial charge >= 0.3 is 0 Å². The number of hydrogen-bond donors (Lipinski definition) is 0. The standard InChI is InChI=1S/C20H23FO3/c1-4-23-19-7-5-6-17(15(19)3)13-24-20-11-10-16(12-18(20)21)9-8-14(2)22/h5-7,10-12H,4,8-9,13H2,1-3H3. The molecule has 0 aliphatic heterocycles. The molecule has 0 aliphatic rings. The SMILES string of the molecule is CCOc1cccc(COc2ccc(CCC(C)=O)cc2F)c1C. The lowest BCUT2D eigenvalue weighted by molar-refractivity contribution is -0.116. The van der Waals surface area contributed by atoms with Crippen LogP contribution in [0, 0.1) is 12.7 Å². The Hall–Kier alpha value is -2.36. The molecule has 2 aromatic carbocycles. The molecule has 0 amide bonds. The van der Waals surface area contributed by atoms with Gasteiger partial charge in [0.05, 0.1) is 6.61 Å². The molecule has 0 aliphatic carbocycles. The highest BCUT2D eigenvalue weighted by molar-refractivity contribution is 5.75. The van der Waals surface area contributed by atoms with Crippen LogP contribution in [0.3, 0.4) is 0 Å². The maximum atomic E-state index is 14.1. The first-order chi connectivity index (χ1) is 11.5. The fraction of sp³-hybridized carbons (Fsp3) is 0.350. The predicted octanol–water partition coefficient (Wildman–Crippen LogP) is 4.63. The van der Waals surface area contributed by atoms with E-state index in [0.29, 0.717) is 19.4 Å². The van der Waals surface area contributed by atoms with Crippen molar-refractivity contribution in [1.29, 1.82) is 0 Å². The van der Waals surface area contributed by atoms with Gasteiger partial charge in [-0.3, -0.25) is 0 Å². The third-order valence-corrected chi connectivity index (χ3v) is 3.84. The molecule has 0 radical (unpaired) electrons. The van der Waals surface area contributed by atoms with E-state index in [4.69, 9.17) is 9.47 Å². The van der Waals surface area contributed by atoms with Gasteiger partial charge in [0, 0.05) is 6.42 Å². The van der Waals surface area contributed by atoms with Crippen LogP contribution in [0.15, 0.2) is 36.4 Å². The van der Waals surface area contributed by atoms with Crippen molar-refractivity contribution in [2.75, 3.05) is 6.61 Å². The number of aryl methyl sites for hydroxylation is 1. The van der Waals surface area contributed by atoms with E-state index in [1.54, 1.807) is 12.1 Å². The van der Waals surface area contributed by atoms with Gasteiger partial charge in [0.15, 0.2) is 11.6 Å². The van der Waals surface area contributed by atoms with E-state index in [2.05, 4.69) is 0 Å². The lowest BCUT2D eigenvalue weighted by Crippen LogP contribution is -2.02. The van der Waals surface area contributed by atoms with Gasteiger partial charge in [0.25, 0.3) is 0 Å². The number of benzene rings is 2. The molecule has 128 valence electrons. The first kappa shape index (κ1) is 18.0. The monoisotopic (exact) mass is 330 g/mol. The Kier molecular flexibility index (Phi) is 6.36. The Morgan fingerprint density at radius 3 is 2.58 bits per heavy atom. The zero-order valence-electron chi connectivity index (χ0n) is 14.4. The topological polar surface area (TPSA) is 35.5 Å². The van der Waals surface area contributed by atoms with Crippen LogP contribution < -0.4 is 9.47 Å². The molecule has 4 heteroatoms. The lowest BCUT2D eigenvalue weighted by Gasteiger charge is -2.13. The predicted molar refractivity (Wildman–Crippen MR) is 92.1 cm³/mol. The summed E-state index contributed by atoms with van der Waals surface area (Å²) in [4.78, 5) is 11.0. The Balaban J connectivity index is 2.04. The molecule has 0 atom stereocenters. The van der Waals surface area contributed by atoms with Crippen molar-refractivity contribution >= 4 is 5.78 Å². The van der Waals surface area contributed by atoms with Crippen molar-refractivity contribution in [3.63, 3.8) is 0 Å². The molecular formula is C20H23FO3. The van der Waals surface area contributed by atoms with Gasteiger partial charge < -0.3 is 14.3 Å². The highest BCUT2D eigenvalue weighted by atomic mass is 19.1. The van der Waals surface area contributed by atoms with Crippen LogP contribution in [0.1, 0.15) is 37.0 Å². The summed E-state index contributed by atoms with van der Waals surface area (Å²) in [5, 5.41) is 0. The van der Waals surface area contributed by atoms with E-state index in [1.807, 2.05) is 32.0 Å². The van der Waals surface area contributed by atoms with Crippen LogP contribution in [0.25, 0.3) is 0 Å². The van der Waals surface area contributed by atoms with E-state index in [-0.39, 0.29) is 18.1 Å². The molecule has 3 nitrogen and oxygen atoms in total. The molecule has 0 saturated carbocycles. The highest BCUT2D eigenvalue weighted by Gasteiger charge is 2.09. The molecule has 2 aromatic rings. The van der Waals surface area contributed by atoms with Crippen LogP contribution in [-0.2, 0) is 17.8 Å². The molecule has 0 bridgehead atoms. The molecule has 0 fully saturated rings. The van der Waals surface area contributed by atoms with Crippen LogP contribution in [-0.4, -0.2) is 12.4 Å². The number of Topliss-reactive ketones (excluding diaryl/α,β-unsaturated/α-hetero) is 1. The molecule has 2 rings (SSSR count). The van der Waals surface area contributed by atoms with Crippen molar-refractivity contribution in [1.82, 2.24) is 0 Å². The number of carbonyl (C=O) groups excluding carboxylic acids is 1. The summed E-state index contributed by atoms with van der Waals surface area (Å²) in [6.07, 6.45) is 0.963. The molecule has 0 aromatic heterocycles. The third kappa shape index (κ3) is 4.82. The summed E-state index contributed by atoms with van der Waals surface area (Å²) in [7, 11) is 0. The molecule has 0 spiro atoms. The van der Waals surface area contributed by atoms with Crippen LogP contribution in [0.4, 0.5) is 4.39 Å². The Morgan fingerprint density at radius 1 is 1.12 bits per heavy atom. The fourth-order valence-electron chi connectivity index (χ4n) is 2.42. The first-order valence-electron chi connectivity index (χ1n) is 8.13. The first-order valence-corrected chi connectivity index (χ1v) is 8.13. The van der Waals surface area contributed by atoms with Gasteiger partial charge in [-0.1, -0.05) is 18.2 Å². The van der Waals surface area contributed by atoms with Gasteiger partial charge in [-0.15, -0.1) is 0 Å². The van der Waals surface area contributed by atoms with Crippen LogP contribution >= 0.6 is 0 Å². The highest BCUT2D eigenvalue weighted by Crippen LogP contribution is 2.24. The minimum Gasteiger partial charge on any atom is -0.494 e. The number of rotatable bonds is 8. The Morgan fingerprint density at radius 2 is 1.92 bits per heavy atom. The van der Waals surface area contributed by atoms with Crippen LogP contribution in [0.2, 0.25) is 0 Å². The van der Waals surface area contributed by atoms with Crippen molar-refractivity contribution in [2.24, 2.45) is 0 Å². The molecule has 0 saturated heterocycles. The van der Waals surface area contributed by atoms with Crippen LogP contribution in [0.5, 0.6) is 11.5 Å². The van der Waals surface area contributed by atoms with E-state index in [9.17, 15) is 9.18 Å². The number of hydrogen-bond acceptors (Lipinski definition) is 3. The number of carbonyl (C=O) groups is 1. The summed E-state index contributed by atoms with van der Waals surface area (Å²) in [5.41, 5.74) is 2.75. The maximum Gasteiger partial charge on any atom is 0.165 e. The van der Waals surface area contributed by atoms with Crippen molar-refractivity contribution in [2.45, 2.75) is 40.2 Å². The minimum absolute atomic E-state index is 0.0976. The number of halogens is 1. The largest absolute Gasteiger partial charge is 0.494 e. The minimum atomic E-state index is -0.408. The van der Waals surface area contributed by atoms with E-state index >= 15 is 0 Å². The molecule has 0 N–H and O–H groups in total. The van der Waals surface area contributed by atoms with E-state index in [1.165, 1.54) is 13.0 Å².